The van der Waals surface area contributed by atoms with Crippen molar-refractivity contribution in [3.63, 3.8) is 0 Å². The molecule has 3 heteroatoms. The lowest BCUT2D eigenvalue weighted by Gasteiger charge is -2.31. The van der Waals surface area contributed by atoms with Crippen LogP contribution in [0.1, 0.15) is 26.7 Å². The van der Waals surface area contributed by atoms with Crippen molar-refractivity contribution in [2.24, 2.45) is 11.3 Å². The molecule has 0 aromatic heterocycles. The Balaban J connectivity index is 4.13. The molecule has 0 aliphatic heterocycles. The zero-order valence-corrected chi connectivity index (χ0v) is 10.3. The van der Waals surface area contributed by atoms with E-state index in [9.17, 15) is 0 Å². The Bertz CT molecular complexity index is 122. The maximum Gasteiger partial charge on any atom is 0.0468 e. The highest BCUT2D eigenvalue weighted by atomic mass is 35.5. The third kappa shape index (κ3) is 5.09. The van der Waals surface area contributed by atoms with Gasteiger partial charge in [0.15, 0.2) is 0 Å². The van der Waals surface area contributed by atoms with Crippen LogP contribution in [0.4, 0.5) is 0 Å². The van der Waals surface area contributed by atoms with E-state index in [1.165, 1.54) is 0 Å². The van der Waals surface area contributed by atoms with Gasteiger partial charge in [0.2, 0.25) is 0 Å². The first-order chi connectivity index (χ1) is 6.10. The highest BCUT2D eigenvalue weighted by Gasteiger charge is 2.28. The molecule has 0 aromatic carbocycles. The molecule has 0 radical (unpaired) electrons. The Morgan fingerprint density at radius 3 is 2.08 bits per heavy atom. The Kier molecular flexibility index (Phi) is 7.20. The summed E-state index contributed by atoms with van der Waals surface area (Å²) in [5.74, 6) is 1.88. The van der Waals surface area contributed by atoms with Gasteiger partial charge in [-0.15, -0.1) is 23.2 Å². The van der Waals surface area contributed by atoms with Crippen molar-refractivity contribution in [2.75, 3.05) is 25.5 Å². The lowest BCUT2D eigenvalue weighted by molar-refractivity contribution is 0.143. The molecule has 0 heterocycles. The molecular weight excluding hydrogens is 207 g/mol. The predicted octanol–water partition coefficient (Wildman–Crippen LogP) is 3.53. The smallest absolute Gasteiger partial charge is 0.0468 e. The van der Waals surface area contributed by atoms with Gasteiger partial charge in [-0.3, -0.25) is 0 Å². The number of hydrogen-bond donors (Lipinski definition) is 0. The second-order valence-electron chi connectivity index (χ2n) is 4.11. The third-order valence-electron chi connectivity index (χ3n) is 2.24. The van der Waals surface area contributed by atoms with E-state index in [1.54, 1.807) is 7.11 Å². The van der Waals surface area contributed by atoms with Gasteiger partial charge < -0.3 is 4.74 Å². The van der Waals surface area contributed by atoms with Gasteiger partial charge in [-0.25, -0.2) is 0 Å². The first-order valence-corrected chi connectivity index (χ1v) is 5.78. The van der Waals surface area contributed by atoms with E-state index >= 15 is 0 Å². The van der Waals surface area contributed by atoms with Crippen LogP contribution in [0.25, 0.3) is 0 Å². The summed E-state index contributed by atoms with van der Waals surface area (Å²) in [7, 11) is 1.71. The molecule has 0 spiro atoms. The van der Waals surface area contributed by atoms with E-state index < -0.39 is 0 Å². The molecule has 0 fully saturated rings. The third-order valence-corrected chi connectivity index (χ3v) is 3.38. The van der Waals surface area contributed by atoms with Crippen LogP contribution < -0.4 is 0 Å². The molecular formula is C10H20Cl2O. The molecule has 0 unspecified atom stereocenters. The van der Waals surface area contributed by atoms with Crippen LogP contribution in [0.5, 0.6) is 0 Å². The monoisotopic (exact) mass is 226 g/mol. The Morgan fingerprint density at radius 1 is 1.23 bits per heavy atom. The van der Waals surface area contributed by atoms with Gasteiger partial charge in [0, 0.05) is 25.5 Å². The summed E-state index contributed by atoms with van der Waals surface area (Å²) >= 11 is 11.9. The molecule has 0 bridgehead atoms. The van der Waals surface area contributed by atoms with Crippen LogP contribution >= 0.6 is 23.2 Å². The lowest BCUT2D eigenvalue weighted by atomic mass is 9.81. The molecule has 80 valence electrons. The van der Waals surface area contributed by atoms with Gasteiger partial charge >= 0.3 is 0 Å². The number of halogens is 2. The zero-order valence-electron chi connectivity index (χ0n) is 8.78. The summed E-state index contributed by atoms with van der Waals surface area (Å²) in [4.78, 5) is 0. The van der Waals surface area contributed by atoms with Crippen LogP contribution in [0.3, 0.4) is 0 Å². The van der Waals surface area contributed by atoms with Crippen LogP contribution in [0.15, 0.2) is 0 Å². The minimum Gasteiger partial charge on any atom is -0.385 e. The van der Waals surface area contributed by atoms with Gasteiger partial charge in [0.05, 0.1) is 0 Å². The van der Waals surface area contributed by atoms with Crippen molar-refractivity contribution in [1.82, 2.24) is 0 Å². The summed E-state index contributed by atoms with van der Waals surface area (Å²) in [5, 5.41) is 0. The molecule has 13 heavy (non-hydrogen) atoms. The van der Waals surface area contributed by atoms with Crippen molar-refractivity contribution >= 4 is 23.2 Å². The molecule has 0 saturated carbocycles. The van der Waals surface area contributed by atoms with E-state index in [2.05, 4.69) is 13.8 Å². The zero-order chi connectivity index (χ0) is 10.3. The van der Waals surface area contributed by atoms with Crippen molar-refractivity contribution in [1.29, 1.82) is 0 Å². The second-order valence-corrected chi connectivity index (χ2v) is 4.64. The molecule has 0 rings (SSSR count). The molecule has 1 nitrogen and oxygen atoms in total. The predicted molar refractivity (Wildman–Crippen MR) is 59.8 cm³/mol. The summed E-state index contributed by atoms with van der Waals surface area (Å²) in [6, 6.07) is 0. The van der Waals surface area contributed by atoms with Crippen molar-refractivity contribution in [2.45, 2.75) is 26.7 Å². The quantitative estimate of drug-likeness (QED) is 0.604. The molecule has 0 aliphatic carbocycles. The normalized spacial score (nSPS) is 12.5. The Morgan fingerprint density at radius 2 is 1.77 bits per heavy atom. The fraction of sp³-hybridized carbons (Fsp3) is 1.00. The van der Waals surface area contributed by atoms with Gasteiger partial charge in [-0.05, 0) is 24.2 Å². The first kappa shape index (κ1) is 13.5. The molecule has 0 N–H and O–H groups in total. The maximum atomic E-state index is 5.96. The molecule has 0 amide bonds. The molecule has 0 atom stereocenters. The number of ether oxygens (including phenoxy) is 1. The largest absolute Gasteiger partial charge is 0.385 e. The van der Waals surface area contributed by atoms with Crippen LogP contribution in [0.2, 0.25) is 0 Å². The summed E-state index contributed by atoms with van der Waals surface area (Å²) in [6.07, 6.45) is 2.03. The van der Waals surface area contributed by atoms with Gasteiger partial charge in [0.1, 0.15) is 0 Å². The fourth-order valence-corrected chi connectivity index (χ4v) is 2.34. The van der Waals surface area contributed by atoms with E-state index in [0.717, 1.165) is 19.4 Å². The highest BCUT2D eigenvalue weighted by Crippen LogP contribution is 2.33. The molecule has 0 saturated heterocycles. The Labute approximate surface area is 91.7 Å². The van der Waals surface area contributed by atoms with Crippen molar-refractivity contribution in [3.05, 3.63) is 0 Å². The molecule has 0 aromatic rings. The first-order valence-electron chi connectivity index (χ1n) is 4.71. The van der Waals surface area contributed by atoms with E-state index in [-0.39, 0.29) is 5.41 Å². The molecule has 0 aliphatic rings. The SMILES string of the molecule is COCCC(CCl)(CCl)CC(C)C. The fourth-order valence-electron chi connectivity index (χ4n) is 1.57. The van der Waals surface area contributed by atoms with Gasteiger partial charge in [0.25, 0.3) is 0 Å². The standard InChI is InChI=1S/C10H20Cl2O/c1-9(2)6-10(7-11,8-12)4-5-13-3/h9H,4-8H2,1-3H3. The van der Waals surface area contributed by atoms with E-state index in [4.69, 9.17) is 27.9 Å². The average molecular weight is 227 g/mol. The van der Waals surface area contributed by atoms with Crippen LogP contribution in [-0.4, -0.2) is 25.5 Å². The van der Waals surface area contributed by atoms with E-state index in [1.807, 2.05) is 0 Å². The number of methoxy groups -OCH3 is 1. The van der Waals surface area contributed by atoms with Crippen molar-refractivity contribution < 1.29 is 4.74 Å². The summed E-state index contributed by atoms with van der Waals surface area (Å²) in [5.41, 5.74) is 0.0628. The summed E-state index contributed by atoms with van der Waals surface area (Å²) < 4.78 is 5.07. The lowest BCUT2D eigenvalue weighted by Crippen LogP contribution is -2.28. The topological polar surface area (TPSA) is 9.23 Å². The van der Waals surface area contributed by atoms with Crippen LogP contribution in [-0.2, 0) is 4.74 Å². The van der Waals surface area contributed by atoms with Crippen molar-refractivity contribution in [3.8, 4) is 0 Å². The summed E-state index contributed by atoms with van der Waals surface area (Å²) in [6.45, 7) is 5.13. The van der Waals surface area contributed by atoms with E-state index in [0.29, 0.717) is 17.7 Å². The van der Waals surface area contributed by atoms with Gasteiger partial charge in [-0.1, -0.05) is 13.8 Å². The maximum absolute atomic E-state index is 5.96. The number of rotatable bonds is 7. The highest BCUT2D eigenvalue weighted by molar-refractivity contribution is 6.21. The number of hydrogen-bond acceptors (Lipinski definition) is 1. The minimum absolute atomic E-state index is 0.0628. The number of alkyl halides is 2. The Hall–Kier alpha value is 0.540. The second kappa shape index (κ2) is 6.92. The van der Waals surface area contributed by atoms with Crippen LogP contribution in [0, 0.1) is 11.3 Å². The van der Waals surface area contributed by atoms with Gasteiger partial charge in [-0.2, -0.15) is 0 Å². The minimum atomic E-state index is 0.0628. The average Bonchev–Trinajstić information content (AvgIpc) is 2.12.